The van der Waals surface area contributed by atoms with E-state index >= 15 is 0 Å². The molecule has 2 aromatic rings. The summed E-state index contributed by atoms with van der Waals surface area (Å²) in [5.74, 6) is -0.448. The third-order valence-corrected chi connectivity index (χ3v) is 3.50. The number of nitrogens with one attached hydrogen (secondary N) is 2. The van der Waals surface area contributed by atoms with Gasteiger partial charge in [-0.3, -0.25) is 9.59 Å². The molecule has 0 saturated carbocycles. The summed E-state index contributed by atoms with van der Waals surface area (Å²) in [6, 6.07) is 10.7. The molecule has 2 N–H and O–H groups in total. The highest BCUT2D eigenvalue weighted by atomic mass is 19.1. The number of carbonyl (C=O) groups is 2. The number of carbonyl (C=O) groups excluding carboxylic acids is 2. The topological polar surface area (TPSA) is 67.4 Å². The van der Waals surface area contributed by atoms with Crippen molar-refractivity contribution in [3.05, 3.63) is 59.4 Å². The van der Waals surface area contributed by atoms with Gasteiger partial charge in [0.1, 0.15) is 11.6 Å². The number of benzene rings is 2. The highest BCUT2D eigenvalue weighted by Crippen LogP contribution is 2.19. The standard InChI is InChI=1S/C17H15FN2O3/c18-12-2-5-14(6-3-12)23-10-16(21)20-13-4-1-11-7-8-19-17(22)15(11)9-13/h1-6,9H,7-8,10H2,(H,19,22)(H,20,21). The van der Waals surface area contributed by atoms with Gasteiger partial charge in [-0.2, -0.15) is 0 Å². The maximum atomic E-state index is 12.8. The number of anilines is 1. The SMILES string of the molecule is O=C(COc1ccc(F)cc1)Nc1ccc2c(c1)C(=O)NCC2. The molecule has 0 unspecified atom stereocenters. The minimum absolute atomic E-state index is 0.134. The van der Waals surface area contributed by atoms with Crippen LogP contribution in [0.1, 0.15) is 15.9 Å². The van der Waals surface area contributed by atoms with Crippen LogP contribution in [-0.4, -0.2) is 25.0 Å². The fraction of sp³-hybridized carbons (Fsp3) is 0.176. The van der Waals surface area contributed by atoms with Gasteiger partial charge in [0.15, 0.2) is 6.61 Å². The lowest BCUT2D eigenvalue weighted by molar-refractivity contribution is -0.118. The molecule has 6 heteroatoms. The summed E-state index contributed by atoms with van der Waals surface area (Å²) < 4.78 is 18.0. The minimum atomic E-state index is -0.367. The van der Waals surface area contributed by atoms with Gasteiger partial charge in [-0.15, -0.1) is 0 Å². The molecule has 118 valence electrons. The van der Waals surface area contributed by atoms with Gasteiger partial charge in [-0.25, -0.2) is 4.39 Å². The van der Waals surface area contributed by atoms with Crippen molar-refractivity contribution in [1.82, 2.24) is 5.32 Å². The van der Waals surface area contributed by atoms with E-state index < -0.39 is 0 Å². The van der Waals surface area contributed by atoms with Crippen LogP contribution in [0.2, 0.25) is 0 Å². The molecule has 1 aliphatic heterocycles. The number of fused-ring (bicyclic) bond motifs is 1. The average molecular weight is 314 g/mol. The Morgan fingerprint density at radius 3 is 2.78 bits per heavy atom. The second kappa shape index (κ2) is 6.48. The zero-order valence-electron chi connectivity index (χ0n) is 12.3. The molecule has 1 aliphatic rings. The Morgan fingerprint density at radius 1 is 1.22 bits per heavy atom. The third-order valence-electron chi connectivity index (χ3n) is 3.50. The molecule has 0 fully saturated rings. The molecule has 0 radical (unpaired) electrons. The monoisotopic (exact) mass is 314 g/mol. The summed E-state index contributed by atoms with van der Waals surface area (Å²) in [5, 5.41) is 5.44. The molecule has 0 aliphatic carbocycles. The molecule has 2 amide bonds. The van der Waals surface area contributed by atoms with E-state index in [1.807, 2.05) is 6.07 Å². The zero-order valence-corrected chi connectivity index (χ0v) is 12.3. The van der Waals surface area contributed by atoms with E-state index in [1.165, 1.54) is 24.3 Å². The van der Waals surface area contributed by atoms with Gasteiger partial charge in [0.2, 0.25) is 0 Å². The molecular weight excluding hydrogens is 299 g/mol. The van der Waals surface area contributed by atoms with E-state index in [1.54, 1.807) is 12.1 Å². The quantitative estimate of drug-likeness (QED) is 0.908. The molecule has 5 nitrogen and oxygen atoms in total. The molecule has 0 saturated heterocycles. The first-order chi connectivity index (χ1) is 11.1. The van der Waals surface area contributed by atoms with Crippen LogP contribution in [0.25, 0.3) is 0 Å². The van der Waals surface area contributed by atoms with Crippen LogP contribution in [-0.2, 0) is 11.2 Å². The van der Waals surface area contributed by atoms with Crippen molar-refractivity contribution in [2.24, 2.45) is 0 Å². The molecule has 1 heterocycles. The van der Waals surface area contributed by atoms with Gasteiger partial charge in [0.05, 0.1) is 0 Å². The maximum Gasteiger partial charge on any atom is 0.262 e. The van der Waals surface area contributed by atoms with Crippen LogP contribution in [0, 0.1) is 5.82 Å². The fourth-order valence-corrected chi connectivity index (χ4v) is 2.37. The number of ether oxygens (including phenoxy) is 1. The lowest BCUT2D eigenvalue weighted by Crippen LogP contribution is -2.32. The number of rotatable bonds is 4. The summed E-state index contributed by atoms with van der Waals surface area (Å²) in [6.07, 6.45) is 0.781. The second-order valence-corrected chi connectivity index (χ2v) is 5.17. The number of amides is 2. The van der Waals surface area contributed by atoms with Crippen molar-refractivity contribution < 1.29 is 18.7 Å². The van der Waals surface area contributed by atoms with Gasteiger partial charge < -0.3 is 15.4 Å². The van der Waals surface area contributed by atoms with Crippen LogP contribution in [0.5, 0.6) is 5.75 Å². The van der Waals surface area contributed by atoms with Crippen molar-refractivity contribution in [3.8, 4) is 5.75 Å². The third kappa shape index (κ3) is 3.66. The zero-order chi connectivity index (χ0) is 16.2. The van der Waals surface area contributed by atoms with E-state index in [4.69, 9.17) is 4.74 Å². The Kier molecular flexibility index (Phi) is 4.23. The van der Waals surface area contributed by atoms with Gasteiger partial charge in [-0.1, -0.05) is 6.07 Å². The molecule has 0 atom stereocenters. The Labute approximate surface area is 132 Å². The molecule has 0 aromatic heterocycles. The molecular formula is C17H15FN2O3. The highest BCUT2D eigenvalue weighted by Gasteiger charge is 2.17. The summed E-state index contributed by atoms with van der Waals surface area (Å²) >= 11 is 0. The normalized spacial score (nSPS) is 13.0. The van der Waals surface area contributed by atoms with E-state index in [9.17, 15) is 14.0 Å². The molecule has 23 heavy (non-hydrogen) atoms. The smallest absolute Gasteiger partial charge is 0.262 e. The maximum absolute atomic E-state index is 12.8. The fourth-order valence-electron chi connectivity index (χ4n) is 2.37. The molecule has 0 bridgehead atoms. The molecule has 0 spiro atoms. The largest absolute Gasteiger partial charge is 0.484 e. The van der Waals surface area contributed by atoms with Crippen molar-refractivity contribution in [2.75, 3.05) is 18.5 Å². The predicted molar refractivity (Wildman–Crippen MR) is 83.0 cm³/mol. The number of halogens is 1. The highest BCUT2D eigenvalue weighted by molar-refractivity contribution is 5.99. The van der Waals surface area contributed by atoms with Crippen LogP contribution < -0.4 is 15.4 Å². The summed E-state index contributed by atoms with van der Waals surface area (Å²) in [5.41, 5.74) is 2.08. The van der Waals surface area contributed by atoms with Gasteiger partial charge in [-0.05, 0) is 48.4 Å². The summed E-state index contributed by atoms with van der Waals surface area (Å²) in [7, 11) is 0. The first kappa shape index (κ1) is 15.0. The van der Waals surface area contributed by atoms with E-state index in [0.29, 0.717) is 23.5 Å². The lowest BCUT2D eigenvalue weighted by Gasteiger charge is -2.17. The van der Waals surface area contributed by atoms with Crippen molar-refractivity contribution in [1.29, 1.82) is 0 Å². The average Bonchev–Trinajstić information content (AvgIpc) is 2.55. The Balaban J connectivity index is 1.60. The van der Waals surface area contributed by atoms with Gasteiger partial charge in [0, 0.05) is 17.8 Å². The van der Waals surface area contributed by atoms with Crippen LogP contribution >= 0.6 is 0 Å². The number of hydrogen-bond acceptors (Lipinski definition) is 3. The van der Waals surface area contributed by atoms with Gasteiger partial charge >= 0.3 is 0 Å². The summed E-state index contributed by atoms with van der Waals surface area (Å²) in [4.78, 5) is 23.7. The van der Waals surface area contributed by atoms with Crippen molar-refractivity contribution >= 4 is 17.5 Å². The van der Waals surface area contributed by atoms with E-state index in [2.05, 4.69) is 10.6 Å². The van der Waals surface area contributed by atoms with E-state index in [0.717, 1.165) is 12.0 Å². The predicted octanol–water partition coefficient (Wildman–Crippen LogP) is 2.13. The molecule has 3 rings (SSSR count). The van der Waals surface area contributed by atoms with Crippen LogP contribution in [0.3, 0.4) is 0 Å². The molecule has 2 aromatic carbocycles. The Hall–Kier alpha value is -2.89. The van der Waals surface area contributed by atoms with Crippen LogP contribution in [0.15, 0.2) is 42.5 Å². The van der Waals surface area contributed by atoms with Crippen molar-refractivity contribution in [2.45, 2.75) is 6.42 Å². The summed E-state index contributed by atoms with van der Waals surface area (Å²) in [6.45, 7) is 0.429. The first-order valence-electron chi connectivity index (χ1n) is 7.21. The second-order valence-electron chi connectivity index (χ2n) is 5.17. The van der Waals surface area contributed by atoms with Crippen molar-refractivity contribution in [3.63, 3.8) is 0 Å². The van der Waals surface area contributed by atoms with Crippen LogP contribution in [0.4, 0.5) is 10.1 Å². The van der Waals surface area contributed by atoms with E-state index in [-0.39, 0.29) is 24.2 Å². The van der Waals surface area contributed by atoms with Gasteiger partial charge in [0.25, 0.3) is 11.8 Å². The first-order valence-corrected chi connectivity index (χ1v) is 7.21. The Bertz CT molecular complexity index is 744. The lowest BCUT2D eigenvalue weighted by atomic mass is 10.00. The Morgan fingerprint density at radius 2 is 2.00 bits per heavy atom. The minimum Gasteiger partial charge on any atom is -0.484 e. The number of hydrogen-bond donors (Lipinski definition) is 2.